The van der Waals surface area contributed by atoms with E-state index >= 15 is 0 Å². The molecule has 17 heavy (non-hydrogen) atoms. The quantitative estimate of drug-likeness (QED) is 0.835. The van der Waals surface area contributed by atoms with Gasteiger partial charge in [-0.05, 0) is 18.2 Å². The minimum Gasteiger partial charge on any atom is -0.322 e. The number of hydrogen-bond donors (Lipinski definition) is 1. The minimum absolute atomic E-state index is 0.0760. The number of rotatable bonds is 2. The van der Waals surface area contributed by atoms with E-state index < -0.39 is 11.7 Å². The molecule has 0 bridgehead atoms. The molecule has 6 heteroatoms. The fourth-order valence-electron chi connectivity index (χ4n) is 1.24. The van der Waals surface area contributed by atoms with E-state index in [1.54, 1.807) is 6.07 Å². The molecule has 86 valence electrons. The van der Waals surface area contributed by atoms with Crippen LogP contribution in [-0.4, -0.2) is 15.9 Å². The highest BCUT2D eigenvalue weighted by Crippen LogP contribution is 2.14. The highest BCUT2D eigenvalue weighted by molar-refractivity contribution is 6.29. The predicted molar refractivity (Wildman–Crippen MR) is 61.4 cm³/mol. The van der Waals surface area contributed by atoms with E-state index in [4.69, 9.17) is 11.6 Å². The summed E-state index contributed by atoms with van der Waals surface area (Å²) in [7, 11) is 0. The molecule has 0 aliphatic heterocycles. The molecule has 0 saturated heterocycles. The Balaban J connectivity index is 2.20. The summed E-state index contributed by atoms with van der Waals surface area (Å²) in [6.45, 7) is 0. The van der Waals surface area contributed by atoms with E-state index in [-0.39, 0.29) is 10.7 Å². The van der Waals surface area contributed by atoms with E-state index in [0.717, 1.165) is 6.20 Å². The van der Waals surface area contributed by atoms with Crippen molar-refractivity contribution in [2.24, 2.45) is 0 Å². The van der Waals surface area contributed by atoms with Gasteiger partial charge in [0.05, 0.1) is 11.8 Å². The van der Waals surface area contributed by atoms with Gasteiger partial charge < -0.3 is 5.32 Å². The van der Waals surface area contributed by atoms with Crippen molar-refractivity contribution in [3.63, 3.8) is 0 Å². The summed E-state index contributed by atoms with van der Waals surface area (Å²) in [5.74, 6) is -1.24. The Kier molecular flexibility index (Phi) is 3.30. The molecule has 0 fully saturated rings. The molecule has 0 spiro atoms. The van der Waals surface area contributed by atoms with Gasteiger partial charge in [0.1, 0.15) is 5.15 Å². The number of hydrogen-bond acceptors (Lipinski definition) is 3. The number of nitrogens with one attached hydrogen (secondary N) is 1. The summed E-state index contributed by atoms with van der Waals surface area (Å²) in [6.07, 6.45) is 3.77. The molecule has 2 heterocycles. The molecular formula is C11H7ClFN3O. The highest BCUT2D eigenvalue weighted by atomic mass is 35.5. The Morgan fingerprint density at radius 1 is 1.35 bits per heavy atom. The maximum Gasteiger partial charge on any atom is 0.258 e. The number of aromatic nitrogens is 2. The normalized spacial score (nSPS) is 10.0. The van der Waals surface area contributed by atoms with Crippen LogP contribution in [0.1, 0.15) is 10.4 Å². The van der Waals surface area contributed by atoms with Crippen LogP contribution < -0.4 is 5.32 Å². The van der Waals surface area contributed by atoms with Crippen LogP contribution in [0, 0.1) is 5.82 Å². The standard InChI is InChI=1S/C11H7ClFN3O/c12-10-5-7(1-4-15-10)16-11(17)8-2-3-14-6-9(8)13/h1-6H,(H,15,16,17). The fourth-order valence-corrected chi connectivity index (χ4v) is 1.41. The van der Waals surface area contributed by atoms with Gasteiger partial charge in [-0.15, -0.1) is 0 Å². The van der Waals surface area contributed by atoms with E-state index in [1.165, 1.54) is 24.5 Å². The zero-order valence-electron chi connectivity index (χ0n) is 8.52. The molecule has 2 aromatic rings. The second-order valence-electron chi connectivity index (χ2n) is 3.18. The number of amides is 1. The fraction of sp³-hybridized carbons (Fsp3) is 0. The Morgan fingerprint density at radius 3 is 2.88 bits per heavy atom. The summed E-state index contributed by atoms with van der Waals surface area (Å²) in [6, 6.07) is 4.33. The third-order valence-electron chi connectivity index (χ3n) is 2.00. The number of pyridine rings is 2. The Bertz CT molecular complexity index is 562. The van der Waals surface area contributed by atoms with Crippen molar-refractivity contribution in [2.45, 2.75) is 0 Å². The van der Waals surface area contributed by atoms with Crippen LogP contribution in [0.15, 0.2) is 36.8 Å². The van der Waals surface area contributed by atoms with Crippen LogP contribution in [0.25, 0.3) is 0 Å². The van der Waals surface area contributed by atoms with Gasteiger partial charge in [0.2, 0.25) is 0 Å². The lowest BCUT2D eigenvalue weighted by atomic mass is 10.2. The predicted octanol–water partition coefficient (Wildman–Crippen LogP) is 2.52. The average Bonchev–Trinajstić information content (AvgIpc) is 2.29. The van der Waals surface area contributed by atoms with E-state index in [9.17, 15) is 9.18 Å². The first-order valence-electron chi connectivity index (χ1n) is 4.69. The van der Waals surface area contributed by atoms with Crippen molar-refractivity contribution in [3.05, 3.63) is 53.3 Å². The molecule has 0 aliphatic rings. The molecule has 2 aromatic heterocycles. The van der Waals surface area contributed by atoms with Gasteiger partial charge in [-0.25, -0.2) is 9.37 Å². The van der Waals surface area contributed by atoms with Crippen LogP contribution >= 0.6 is 11.6 Å². The summed E-state index contributed by atoms with van der Waals surface area (Å²) >= 11 is 5.66. The van der Waals surface area contributed by atoms with Crippen molar-refractivity contribution in [2.75, 3.05) is 5.32 Å². The zero-order chi connectivity index (χ0) is 12.3. The number of nitrogens with zero attached hydrogens (tertiary/aromatic N) is 2. The monoisotopic (exact) mass is 251 g/mol. The largest absolute Gasteiger partial charge is 0.322 e. The topological polar surface area (TPSA) is 54.9 Å². The van der Waals surface area contributed by atoms with Gasteiger partial charge in [0.15, 0.2) is 5.82 Å². The number of carbonyl (C=O) groups excluding carboxylic acids is 1. The first kappa shape index (κ1) is 11.5. The van der Waals surface area contributed by atoms with Gasteiger partial charge >= 0.3 is 0 Å². The number of carbonyl (C=O) groups is 1. The van der Waals surface area contributed by atoms with Crippen molar-refractivity contribution < 1.29 is 9.18 Å². The van der Waals surface area contributed by atoms with E-state index in [1.807, 2.05) is 0 Å². The van der Waals surface area contributed by atoms with Gasteiger partial charge in [-0.2, -0.15) is 0 Å². The van der Waals surface area contributed by atoms with Crippen LogP contribution in [0.2, 0.25) is 5.15 Å². The number of halogens is 2. The third kappa shape index (κ3) is 2.76. The maximum atomic E-state index is 13.3. The molecule has 0 aromatic carbocycles. The summed E-state index contributed by atoms with van der Waals surface area (Å²) in [5.41, 5.74) is 0.374. The molecule has 0 unspecified atom stereocenters. The molecular weight excluding hydrogens is 245 g/mol. The number of anilines is 1. The van der Waals surface area contributed by atoms with Crippen molar-refractivity contribution in [1.29, 1.82) is 0 Å². The van der Waals surface area contributed by atoms with Crippen molar-refractivity contribution in [1.82, 2.24) is 9.97 Å². The molecule has 0 atom stereocenters. The molecule has 0 saturated carbocycles. The maximum absolute atomic E-state index is 13.3. The minimum atomic E-state index is -0.676. The summed E-state index contributed by atoms with van der Waals surface area (Å²) < 4.78 is 13.3. The Hall–Kier alpha value is -2.01. The van der Waals surface area contributed by atoms with Crippen molar-refractivity contribution in [3.8, 4) is 0 Å². The Morgan fingerprint density at radius 2 is 2.18 bits per heavy atom. The highest BCUT2D eigenvalue weighted by Gasteiger charge is 2.11. The molecule has 2 rings (SSSR count). The van der Waals surface area contributed by atoms with Crippen molar-refractivity contribution >= 4 is 23.2 Å². The lowest BCUT2D eigenvalue weighted by Gasteiger charge is -2.05. The first-order chi connectivity index (χ1) is 8.16. The molecule has 1 N–H and O–H groups in total. The lowest BCUT2D eigenvalue weighted by molar-refractivity contribution is 0.102. The van der Waals surface area contributed by atoms with Gasteiger partial charge in [-0.3, -0.25) is 9.78 Å². The molecule has 0 aliphatic carbocycles. The molecule has 0 radical (unpaired) electrons. The SMILES string of the molecule is O=C(Nc1ccnc(Cl)c1)c1ccncc1F. The summed E-state index contributed by atoms with van der Waals surface area (Å²) in [5, 5.41) is 2.76. The van der Waals surface area contributed by atoms with Crippen LogP contribution in [0.4, 0.5) is 10.1 Å². The van der Waals surface area contributed by atoms with Gasteiger partial charge in [-0.1, -0.05) is 11.6 Å². The second-order valence-corrected chi connectivity index (χ2v) is 3.56. The second kappa shape index (κ2) is 4.88. The Labute approximate surface area is 101 Å². The summed E-state index contributed by atoms with van der Waals surface area (Å²) in [4.78, 5) is 19.0. The molecule has 1 amide bonds. The smallest absolute Gasteiger partial charge is 0.258 e. The van der Waals surface area contributed by atoms with E-state index in [2.05, 4.69) is 15.3 Å². The van der Waals surface area contributed by atoms with Crippen LogP contribution in [-0.2, 0) is 0 Å². The van der Waals surface area contributed by atoms with Gasteiger partial charge in [0.25, 0.3) is 5.91 Å². The third-order valence-corrected chi connectivity index (χ3v) is 2.21. The average molecular weight is 252 g/mol. The van der Waals surface area contributed by atoms with E-state index in [0.29, 0.717) is 5.69 Å². The van der Waals surface area contributed by atoms with Gasteiger partial charge in [0, 0.05) is 18.1 Å². The van der Waals surface area contributed by atoms with Crippen LogP contribution in [0.3, 0.4) is 0 Å². The van der Waals surface area contributed by atoms with Crippen LogP contribution in [0.5, 0.6) is 0 Å². The first-order valence-corrected chi connectivity index (χ1v) is 5.07. The zero-order valence-corrected chi connectivity index (χ0v) is 9.28. The molecule has 4 nitrogen and oxygen atoms in total. The lowest BCUT2D eigenvalue weighted by Crippen LogP contribution is -2.13.